The number of ether oxygens (including phenoxy) is 2. The van der Waals surface area contributed by atoms with E-state index in [9.17, 15) is 13.8 Å². The van der Waals surface area contributed by atoms with E-state index in [-0.39, 0.29) is 5.92 Å². The third kappa shape index (κ3) is 6.98. The van der Waals surface area contributed by atoms with Crippen LogP contribution in [0.4, 0.5) is 10.5 Å². The Morgan fingerprint density at radius 2 is 1.73 bits per heavy atom. The topological polar surface area (TPSA) is 97.3 Å². The first-order valence-corrected chi connectivity index (χ1v) is 12.0. The minimum atomic E-state index is -2.97. The zero-order valence-electron chi connectivity index (χ0n) is 18.6. The van der Waals surface area contributed by atoms with Crippen molar-refractivity contribution in [3.63, 3.8) is 0 Å². The second-order valence-corrected chi connectivity index (χ2v) is 11.0. The van der Waals surface area contributed by atoms with Gasteiger partial charge >= 0.3 is 6.09 Å². The average molecular weight is 440 g/mol. The Hall–Kier alpha value is -2.13. The van der Waals surface area contributed by atoms with Gasteiger partial charge in [0.15, 0.2) is 0 Å². The summed E-state index contributed by atoms with van der Waals surface area (Å²) in [5, 5.41) is 2.55. The molecule has 30 heavy (non-hydrogen) atoms. The van der Waals surface area contributed by atoms with E-state index in [0.717, 1.165) is 18.8 Å². The average Bonchev–Trinajstić information content (AvgIpc) is 2.65. The fourth-order valence-electron chi connectivity index (χ4n) is 2.96. The van der Waals surface area contributed by atoms with E-state index in [1.54, 1.807) is 46.8 Å². The Kier molecular flexibility index (Phi) is 7.87. The van der Waals surface area contributed by atoms with Gasteiger partial charge in [-0.3, -0.25) is 4.79 Å². The number of hydrogen-bond acceptors (Lipinski definition) is 6. The molecule has 1 heterocycles. The van der Waals surface area contributed by atoms with E-state index in [1.807, 2.05) is 12.1 Å². The number of benzene rings is 1. The summed E-state index contributed by atoms with van der Waals surface area (Å²) in [6.07, 6.45) is 0.724. The Balaban J connectivity index is 2.17. The molecule has 1 saturated heterocycles. The molecule has 0 saturated carbocycles. The van der Waals surface area contributed by atoms with Crippen molar-refractivity contribution in [1.29, 1.82) is 0 Å². The lowest BCUT2D eigenvalue weighted by Crippen LogP contribution is -2.46. The molecule has 2 atom stereocenters. The molecule has 0 radical (unpaired) electrons. The summed E-state index contributed by atoms with van der Waals surface area (Å²) in [6, 6.07) is 6.30. The monoisotopic (exact) mass is 439 g/mol. The van der Waals surface area contributed by atoms with Gasteiger partial charge in [-0.25, -0.2) is 9.00 Å². The lowest BCUT2D eigenvalue weighted by molar-refractivity contribution is -0.120. The van der Waals surface area contributed by atoms with Crippen LogP contribution < -0.4 is 10.2 Å². The Labute approximate surface area is 179 Å². The lowest BCUT2D eigenvalue weighted by atomic mass is 10.0. The minimum Gasteiger partial charge on any atom is -0.444 e. The van der Waals surface area contributed by atoms with E-state index < -0.39 is 33.4 Å². The third-order valence-corrected chi connectivity index (χ3v) is 6.19. The van der Waals surface area contributed by atoms with Crippen LogP contribution in [0.5, 0.6) is 0 Å². The fraction of sp³-hybridized carbons (Fsp3) is 0.619. The molecule has 0 aliphatic carbocycles. The zero-order valence-corrected chi connectivity index (χ0v) is 19.5. The van der Waals surface area contributed by atoms with Gasteiger partial charge in [-0.05, 0) is 51.0 Å². The van der Waals surface area contributed by atoms with Crippen molar-refractivity contribution < 1.29 is 23.3 Å². The number of alkyl carbamates (subject to hydrolysis) is 1. The molecule has 0 aromatic heterocycles. The fourth-order valence-corrected chi connectivity index (χ4v) is 4.16. The number of amides is 2. The maximum absolute atomic E-state index is 13.2. The summed E-state index contributed by atoms with van der Waals surface area (Å²) in [5.41, 5.74) is 0.321. The van der Waals surface area contributed by atoms with Gasteiger partial charge in [0.1, 0.15) is 11.6 Å². The van der Waals surface area contributed by atoms with Crippen molar-refractivity contribution in [2.24, 2.45) is 10.3 Å². The van der Waals surface area contributed by atoms with Crippen molar-refractivity contribution in [2.75, 3.05) is 37.5 Å². The van der Waals surface area contributed by atoms with Crippen LogP contribution in [-0.2, 0) is 24.0 Å². The molecular formula is C21H33N3O5S. The molecule has 1 unspecified atom stereocenters. The van der Waals surface area contributed by atoms with Gasteiger partial charge in [0.05, 0.1) is 22.9 Å². The highest BCUT2D eigenvalue weighted by Crippen LogP contribution is 2.21. The molecule has 1 N–H and O–H groups in total. The van der Waals surface area contributed by atoms with Gasteiger partial charge in [-0.15, -0.1) is 0 Å². The first kappa shape index (κ1) is 24.1. The summed E-state index contributed by atoms with van der Waals surface area (Å²) in [4.78, 5) is 27.5. The molecule has 1 aromatic carbocycles. The van der Waals surface area contributed by atoms with Crippen LogP contribution in [0.1, 0.15) is 34.6 Å². The number of carbonyl (C=O) groups is 2. The first-order valence-electron chi connectivity index (χ1n) is 10.1. The van der Waals surface area contributed by atoms with Crippen molar-refractivity contribution >= 4 is 27.4 Å². The standard InChI is InChI=1S/C21H33N3O5S/c1-15(2)18(22-20(26)29-21(3,4)5)19(25)23-30(6,27)17-9-7-16(8-10-17)24-11-13-28-14-12-24/h7-10,15,18H,11-14H2,1-6H3,(H,22,26)/t18-,30?/m0/s1. The van der Waals surface area contributed by atoms with E-state index in [0.29, 0.717) is 18.1 Å². The highest BCUT2D eigenvalue weighted by Gasteiger charge is 2.28. The molecular weight excluding hydrogens is 406 g/mol. The second kappa shape index (κ2) is 9.78. The molecule has 8 nitrogen and oxygen atoms in total. The van der Waals surface area contributed by atoms with Crippen molar-refractivity contribution in [2.45, 2.75) is 51.2 Å². The van der Waals surface area contributed by atoms with Gasteiger partial charge in [-0.1, -0.05) is 13.8 Å². The lowest BCUT2D eigenvalue weighted by Gasteiger charge is -2.29. The van der Waals surface area contributed by atoms with Gasteiger partial charge in [0, 0.05) is 29.9 Å². The Bertz CT molecular complexity index is 862. The smallest absolute Gasteiger partial charge is 0.408 e. The number of nitrogens with zero attached hydrogens (tertiary/aromatic N) is 2. The van der Waals surface area contributed by atoms with Crippen LogP contribution in [0.2, 0.25) is 0 Å². The van der Waals surface area contributed by atoms with Gasteiger partial charge in [0.2, 0.25) is 0 Å². The molecule has 168 valence electrons. The highest BCUT2D eigenvalue weighted by molar-refractivity contribution is 7.93. The molecule has 0 spiro atoms. The molecule has 2 rings (SSSR count). The number of anilines is 1. The van der Waals surface area contributed by atoms with Crippen LogP contribution in [-0.4, -0.2) is 60.4 Å². The van der Waals surface area contributed by atoms with Crippen LogP contribution in [0.15, 0.2) is 33.5 Å². The van der Waals surface area contributed by atoms with Crippen molar-refractivity contribution in [1.82, 2.24) is 5.32 Å². The Morgan fingerprint density at radius 3 is 2.23 bits per heavy atom. The van der Waals surface area contributed by atoms with Crippen molar-refractivity contribution in [3.8, 4) is 0 Å². The van der Waals surface area contributed by atoms with Crippen LogP contribution in [0.3, 0.4) is 0 Å². The summed E-state index contributed by atoms with van der Waals surface area (Å²) in [5.74, 6) is -0.881. The summed E-state index contributed by atoms with van der Waals surface area (Å²) in [7, 11) is -2.97. The van der Waals surface area contributed by atoms with Gasteiger partial charge in [-0.2, -0.15) is 4.36 Å². The largest absolute Gasteiger partial charge is 0.444 e. The SMILES string of the molecule is CC(C)[C@H](NC(=O)OC(C)(C)C)C(=O)N=S(C)(=O)c1ccc(N2CCOCC2)cc1. The minimum absolute atomic E-state index is 0.243. The number of nitrogens with one attached hydrogen (secondary N) is 1. The third-order valence-electron chi connectivity index (χ3n) is 4.52. The number of carbonyl (C=O) groups excluding carboxylic acids is 2. The van der Waals surface area contributed by atoms with E-state index in [1.165, 1.54) is 6.26 Å². The Morgan fingerprint density at radius 1 is 1.17 bits per heavy atom. The van der Waals surface area contributed by atoms with Crippen LogP contribution >= 0.6 is 0 Å². The van der Waals surface area contributed by atoms with E-state index >= 15 is 0 Å². The van der Waals surface area contributed by atoms with Gasteiger partial charge in [0.25, 0.3) is 5.91 Å². The van der Waals surface area contributed by atoms with E-state index in [2.05, 4.69) is 14.6 Å². The molecule has 1 aliphatic heterocycles. The van der Waals surface area contributed by atoms with Crippen molar-refractivity contribution in [3.05, 3.63) is 24.3 Å². The van der Waals surface area contributed by atoms with Crippen LogP contribution in [0, 0.1) is 5.92 Å². The molecule has 1 fully saturated rings. The zero-order chi connectivity index (χ0) is 22.5. The molecule has 1 aliphatic rings. The normalized spacial score (nSPS) is 17.8. The van der Waals surface area contributed by atoms with Gasteiger partial charge < -0.3 is 19.7 Å². The molecule has 0 bridgehead atoms. The predicted molar refractivity (Wildman–Crippen MR) is 117 cm³/mol. The predicted octanol–water partition coefficient (Wildman–Crippen LogP) is 3.06. The first-order chi connectivity index (χ1) is 13.9. The number of rotatable bonds is 5. The maximum atomic E-state index is 13.2. The highest BCUT2D eigenvalue weighted by atomic mass is 32.2. The summed E-state index contributed by atoms with van der Waals surface area (Å²) in [6.45, 7) is 11.7. The maximum Gasteiger partial charge on any atom is 0.408 e. The quantitative estimate of drug-likeness (QED) is 0.757. The number of hydrogen-bond donors (Lipinski definition) is 1. The van der Waals surface area contributed by atoms with Crippen LogP contribution in [0.25, 0.3) is 0 Å². The second-order valence-electron chi connectivity index (χ2n) is 8.69. The molecule has 2 amide bonds. The molecule has 9 heteroatoms. The molecule has 1 aromatic rings. The number of morpholine rings is 1. The summed E-state index contributed by atoms with van der Waals surface area (Å²) < 4.78 is 27.7. The van der Waals surface area contributed by atoms with E-state index in [4.69, 9.17) is 9.47 Å². The summed E-state index contributed by atoms with van der Waals surface area (Å²) >= 11 is 0.